The van der Waals surface area contributed by atoms with Crippen LogP contribution in [0.15, 0.2) is 22.8 Å². The minimum Gasteiger partial charge on any atom is -0.382 e. The highest BCUT2D eigenvalue weighted by Gasteiger charge is 2.69. The second-order valence-electron chi connectivity index (χ2n) is 9.91. The predicted octanol–water partition coefficient (Wildman–Crippen LogP) is 4.04. The van der Waals surface area contributed by atoms with Crippen LogP contribution in [0.1, 0.15) is 52.9 Å². The minimum atomic E-state index is -1.20. The van der Waals surface area contributed by atoms with Crippen molar-refractivity contribution in [2.24, 2.45) is 40.4 Å². The van der Waals surface area contributed by atoms with Gasteiger partial charge in [0.05, 0.1) is 0 Å². The smallest absolute Gasteiger partial charge is 0.161 e. The van der Waals surface area contributed by atoms with Crippen LogP contribution in [0.2, 0.25) is 0 Å². The Morgan fingerprint density at radius 1 is 1.19 bits per heavy atom. The molecule has 0 amide bonds. The molecule has 140 valence electrons. The SMILES string of the molecule is CC(=O)[C@]1(O)CCC2C3C=C(Cl)C4=CC(=O)C5CC5[C@@]4(C)C3CC[C@]21C. The third-order valence-corrected chi connectivity index (χ3v) is 9.56. The third-order valence-electron chi connectivity index (χ3n) is 9.23. The van der Waals surface area contributed by atoms with E-state index in [9.17, 15) is 14.7 Å². The van der Waals surface area contributed by atoms with E-state index in [0.717, 1.165) is 36.3 Å². The highest BCUT2D eigenvalue weighted by Crippen LogP contribution is 2.72. The number of ketones is 2. The van der Waals surface area contributed by atoms with Gasteiger partial charge in [0.25, 0.3) is 0 Å². The van der Waals surface area contributed by atoms with Crippen LogP contribution in [-0.2, 0) is 9.59 Å². The number of rotatable bonds is 1. The number of carbonyl (C=O) groups is 2. The van der Waals surface area contributed by atoms with Crippen molar-refractivity contribution in [2.75, 3.05) is 0 Å². The molecule has 5 aliphatic rings. The van der Waals surface area contributed by atoms with Gasteiger partial charge in [0, 0.05) is 21.8 Å². The molecule has 3 nitrogen and oxygen atoms in total. The molecule has 0 spiro atoms. The molecule has 8 atom stereocenters. The largest absolute Gasteiger partial charge is 0.382 e. The minimum absolute atomic E-state index is 0.0344. The van der Waals surface area contributed by atoms with E-state index in [-0.39, 0.29) is 40.2 Å². The molecular weight excluding hydrogens is 348 g/mol. The summed E-state index contributed by atoms with van der Waals surface area (Å²) in [5.74, 6) is 1.78. The lowest BCUT2D eigenvalue weighted by molar-refractivity contribution is -0.157. The maximum atomic E-state index is 12.3. The van der Waals surface area contributed by atoms with Crippen LogP contribution in [0, 0.1) is 40.4 Å². The summed E-state index contributed by atoms with van der Waals surface area (Å²) in [6.45, 7) is 5.97. The maximum absolute atomic E-state index is 12.3. The van der Waals surface area contributed by atoms with E-state index < -0.39 is 5.60 Å². The van der Waals surface area contributed by atoms with Crippen molar-refractivity contribution in [3.05, 3.63) is 22.8 Å². The van der Waals surface area contributed by atoms with Crippen molar-refractivity contribution in [1.29, 1.82) is 0 Å². The lowest BCUT2D eigenvalue weighted by Crippen LogP contribution is -2.56. The van der Waals surface area contributed by atoms with Crippen LogP contribution < -0.4 is 0 Å². The number of halogens is 1. The molecule has 5 unspecified atom stereocenters. The molecular formula is C22H27ClO3. The zero-order valence-electron chi connectivity index (χ0n) is 15.7. The topological polar surface area (TPSA) is 54.4 Å². The molecule has 0 radical (unpaired) electrons. The molecule has 0 saturated heterocycles. The summed E-state index contributed by atoms with van der Waals surface area (Å²) >= 11 is 6.73. The van der Waals surface area contributed by atoms with Gasteiger partial charge in [0.2, 0.25) is 0 Å². The lowest BCUT2D eigenvalue weighted by Gasteiger charge is -2.57. The molecule has 1 N–H and O–H groups in total. The molecule has 5 rings (SSSR count). The summed E-state index contributed by atoms with van der Waals surface area (Å²) in [5.41, 5.74) is -0.566. The van der Waals surface area contributed by atoms with Crippen LogP contribution in [0.3, 0.4) is 0 Å². The first-order chi connectivity index (χ1) is 12.1. The van der Waals surface area contributed by atoms with Crippen molar-refractivity contribution in [3.8, 4) is 0 Å². The Morgan fingerprint density at radius 3 is 2.58 bits per heavy atom. The van der Waals surface area contributed by atoms with Gasteiger partial charge < -0.3 is 5.11 Å². The molecule has 0 aromatic rings. The fourth-order valence-corrected chi connectivity index (χ4v) is 7.96. The van der Waals surface area contributed by atoms with Gasteiger partial charge in [-0.25, -0.2) is 0 Å². The first-order valence-electron chi connectivity index (χ1n) is 10.0. The number of allylic oxidation sites excluding steroid dienone is 4. The highest BCUT2D eigenvalue weighted by atomic mass is 35.5. The zero-order valence-corrected chi connectivity index (χ0v) is 16.5. The summed E-state index contributed by atoms with van der Waals surface area (Å²) in [5, 5.41) is 11.9. The Labute approximate surface area is 159 Å². The summed E-state index contributed by atoms with van der Waals surface area (Å²) in [6.07, 6.45) is 8.25. The molecule has 4 heteroatoms. The highest BCUT2D eigenvalue weighted by molar-refractivity contribution is 6.32. The van der Waals surface area contributed by atoms with E-state index in [1.807, 2.05) is 6.08 Å². The quantitative estimate of drug-likeness (QED) is 0.753. The van der Waals surface area contributed by atoms with Crippen LogP contribution in [0.25, 0.3) is 0 Å². The molecule has 0 aromatic carbocycles. The van der Waals surface area contributed by atoms with E-state index in [1.54, 1.807) is 0 Å². The van der Waals surface area contributed by atoms with Crippen molar-refractivity contribution in [2.45, 2.75) is 58.5 Å². The van der Waals surface area contributed by atoms with Gasteiger partial charge in [-0.1, -0.05) is 31.5 Å². The molecule has 0 aliphatic heterocycles. The first-order valence-corrected chi connectivity index (χ1v) is 10.4. The van der Waals surface area contributed by atoms with Crippen molar-refractivity contribution in [3.63, 3.8) is 0 Å². The normalized spacial score (nSPS) is 54.3. The fourth-order valence-electron chi connectivity index (χ4n) is 7.56. The van der Waals surface area contributed by atoms with Crippen molar-refractivity contribution in [1.82, 2.24) is 0 Å². The lowest BCUT2D eigenvalue weighted by atomic mass is 9.47. The molecule has 0 aromatic heterocycles. The second-order valence-corrected chi connectivity index (χ2v) is 10.3. The van der Waals surface area contributed by atoms with E-state index >= 15 is 0 Å². The number of Topliss-reactive ketones (excluding diaryl/α,β-unsaturated/α-hetero) is 1. The Kier molecular flexibility index (Phi) is 3.25. The molecule has 5 aliphatic carbocycles. The van der Waals surface area contributed by atoms with E-state index in [2.05, 4.69) is 19.9 Å². The van der Waals surface area contributed by atoms with Gasteiger partial charge in [-0.2, -0.15) is 0 Å². The van der Waals surface area contributed by atoms with Gasteiger partial charge >= 0.3 is 0 Å². The average molecular weight is 375 g/mol. The number of carbonyl (C=O) groups excluding carboxylic acids is 2. The third kappa shape index (κ3) is 1.75. The van der Waals surface area contributed by atoms with Crippen LogP contribution in [-0.4, -0.2) is 22.3 Å². The standard InChI is InChI=1S/C22H27ClO3/c1-11(24)22(26)7-5-14-12-9-18(23)17-10-19(25)13-8-16(13)21(17,3)15(12)4-6-20(14,22)2/h9-10,12-16,26H,4-8H2,1-3H3/t12?,13?,14?,15?,16?,20-,21-,22-/m1/s1. The zero-order chi connectivity index (χ0) is 18.6. The monoisotopic (exact) mass is 374 g/mol. The van der Waals surface area contributed by atoms with Gasteiger partial charge in [-0.05, 0) is 74.3 Å². The van der Waals surface area contributed by atoms with E-state index in [4.69, 9.17) is 11.6 Å². The van der Waals surface area contributed by atoms with Gasteiger partial charge in [0.15, 0.2) is 11.6 Å². The summed E-state index contributed by atoms with van der Waals surface area (Å²) in [4.78, 5) is 24.6. The fraction of sp³-hybridized carbons (Fsp3) is 0.727. The summed E-state index contributed by atoms with van der Waals surface area (Å²) < 4.78 is 0. The number of hydrogen-bond acceptors (Lipinski definition) is 3. The summed E-state index contributed by atoms with van der Waals surface area (Å²) in [7, 11) is 0. The Hall–Kier alpha value is -0.930. The maximum Gasteiger partial charge on any atom is 0.161 e. The number of aliphatic hydroxyl groups is 1. The molecule has 0 heterocycles. The average Bonchev–Trinajstić information content (AvgIpc) is 3.33. The Bertz CT molecular complexity index is 797. The number of fused-ring (bicyclic) bond motifs is 7. The molecule has 26 heavy (non-hydrogen) atoms. The van der Waals surface area contributed by atoms with Gasteiger partial charge in [-0.15, -0.1) is 0 Å². The first kappa shape index (κ1) is 17.2. The second kappa shape index (κ2) is 4.91. The number of hydrogen-bond donors (Lipinski definition) is 1. The van der Waals surface area contributed by atoms with E-state index in [1.165, 1.54) is 6.92 Å². The predicted molar refractivity (Wildman–Crippen MR) is 99.4 cm³/mol. The molecule has 3 saturated carbocycles. The van der Waals surface area contributed by atoms with Crippen molar-refractivity contribution < 1.29 is 14.7 Å². The van der Waals surface area contributed by atoms with Crippen LogP contribution in [0.4, 0.5) is 0 Å². The van der Waals surface area contributed by atoms with Gasteiger partial charge in [-0.3, -0.25) is 9.59 Å². The van der Waals surface area contributed by atoms with Gasteiger partial charge in [0.1, 0.15) is 5.60 Å². The Balaban J connectivity index is 1.62. The van der Waals surface area contributed by atoms with E-state index in [0.29, 0.717) is 18.3 Å². The molecule has 3 fully saturated rings. The molecule has 0 bridgehead atoms. The summed E-state index contributed by atoms with van der Waals surface area (Å²) in [6, 6.07) is 0. The van der Waals surface area contributed by atoms with Crippen molar-refractivity contribution >= 4 is 23.2 Å². The van der Waals surface area contributed by atoms with Crippen LogP contribution >= 0.6 is 11.6 Å². The van der Waals surface area contributed by atoms with Crippen LogP contribution in [0.5, 0.6) is 0 Å². The Morgan fingerprint density at radius 2 is 1.88 bits per heavy atom.